The molecule has 3 aromatic rings. The van der Waals surface area contributed by atoms with E-state index in [1.165, 1.54) is 16.8 Å². The predicted octanol–water partition coefficient (Wildman–Crippen LogP) is 5.45. The number of hydrogen-bond donors (Lipinski definition) is 0. The molecule has 0 aliphatic carbocycles. The lowest BCUT2D eigenvalue weighted by Crippen LogP contribution is -2.19. The molecule has 0 N–H and O–H groups in total. The van der Waals surface area contributed by atoms with Crippen LogP contribution in [0.4, 0.5) is 5.69 Å². The van der Waals surface area contributed by atoms with E-state index in [1.54, 1.807) is 11.8 Å². The number of anilines is 1. The van der Waals surface area contributed by atoms with Crippen molar-refractivity contribution in [1.82, 2.24) is 4.98 Å². The van der Waals surface area contributed by atoms with Crippen LogP contribution < -0.4 is 4.90 Å². The summed E-state index contributed by atoms with van der Waals surface area (Å²) in [5.41, 5.74) is 4.05. The minimum absolute atomic E-state index is 0.758. The van der Waals surface area contributed by atoms with E-state index in [-0.39, 0.29) is 0 Å². The van der Waals surface area contributed by atoms with E-state index >= 15 is 0 Å². The van der Waals surface area contributed by atoms with Crippen molar-refractivity contribution in [2.45, 2.75) is 22.9 Å². The van der Waals surface area contributed by atoms with Crippen LogP contribution in [0.15, 0.2) is 76.8 Å². The quantitative estimate of drug-likeness (QED) is 0.621. The number of para-hydroxylation sites is 1. The highest BCUT2D eigenvalue weighted by atomic mass is 35.5. The summed E-state index contributed by atoms with van der Waals surface area (Å²) in [6.07, 6.45) is 3.12. The standard InChI is InChI=1S/C20H17ClN2S/c21-17-6-8-18(9-7-17)24-20-10-5-15(13-22-20)14-23-12-11-16-3-1-2-4-19(16)23/h1-10,13H,11-12,14H2. The van der Waals surface area contributed by atoms with Crippen molar-refractivity contribution in [2.24, 2.45) is 0 Å². The summed E-state index contributed by atoms with van der Waals surface area (Å²) in [4.78, 5) is 8.17. The van der Waals surface area contributed by atoms with Gasteiger partial charge in [-0.3, -0.25) is 0 Å². The molecule has 2 aromatic carbocycles. The maximum absolute atomic E-state index is 5.92. The number of hydrogen-bond acceptors (Lipinski definition) is 3. The molecular formula is C20H17ClN2S. The monoisotopic (exact) mass is 352 g/mol. The Morgan fingerprint density at radius 1 is 1.00 bits per heavy atom. The highest BCUT2D eigenvalue weighted by Crippen LogP contribution is 2.30. The summed E-state index contributed by atoms with van der Waals surface area (Å²) in [5, 5.41) is 1.76. The molecule has 0 radical (unpaired) electrons. The number of halogens is 1. The van der Waals surface area contributed by atoms with E-state index in [0.29, 0.717) is 0 Å². The molecule has 2 heterocycles. The first-order chi connectivity index (χ1) is 11.8. The van der Waals surface area contributed by atoms with Gasteiger partial charge in [-0.1, -0.05) is 47.6 Å². The molecule has 0 unspecified atom stereocenters. The van der Waals surface area contributed by atoms with Crippen LogP contribution in [0.1, 0.15) is 11.1 Å². The largest absolute Gasteiger partial charge is 0.367 e. The normalized spacial score (nSPS) is 13.1. The summed E-state index contributed by atoms with van der Waals surface area (Å²) in [5.74, 6) is 0. The lowest BCUT2D eigenvalue weighted by atomic mass is 10.2. The molecule has 0 saturated carbocycles. The molecule has 0 atom stereocenters. The second-order valence-corrected chi connectivity index (χ2v) is 7.39. The maximum atomic E-state index is 5.92. The number of benzene rings is 2. The van der Waals surface area contributed by atoms with Gasteiger partial charge in [0.1, 0.15) is 5.03 Å². The van der Waals surface area contributed by atoms with Crippen LogP contribution in [0, 0.1) is 0 Å². The van der Waals surface area contributed by atoms with Gasteiger partial charge in [-0.2, -0.15) is 0 Å². The zero-order chi connectivity index (χ0) is 16.4. The molecule has 120 valence electrons. The maximum Gasteiger partial charge on any atom is 0.101 e. The van der Waals surface area contributed by atoms with Gasteiger partial charge in [0, 0.05) is 34.9 Å². The molecule has 2 nitrogen and oxygen atoms in total. The lowest BCUT2D eigenvalue weighted by molar-refractivity contribution is 0.829. The molecule has 0 fully saturated rings. The van der Waals surface area contributed by atoms with E-state index < -0.39 is 0 Å². The van der Waals surface area contributed by atoms with Crippen LogP contribution in [0.2, 0.25) is 5.02 Å². The molecule has 0 spiro atoms. The third kappa shape index (κ3) is 3.42. The average molecular weight is 353 g/mol. The fourth-order valence-electron chi connectivity index (χ4n) is 2.98. The van der Waals surface area contributed by atoms with Gasteiger partial charge in [0.2, 0.25) is 0 Å². The molecular weight excluding hydrogens is 336 g/mol. The number of nitrogens with zero attached hydrogens (tertiary/aromatic N) is 2. The average Bonchev–Trinajstić information content (AvgIpc) is 3.02. The molecule has 1 aliphatic rings. The number of pyridine rings is 1. The van der Waals surface area contributed by atoms with Crippen molar-refractivity contribution in [3.05, 3.63) is 83.0 Å². The third-order valence-corrected chi connectivity index (χ3v) is 5.40. The van der Waals surface area contributed by atoms with E-state index in [0.717, 1.165) is 34.5 Å². The van der Waals surface area contributed by atoms with Crippen molar-refractivity contribution < 1.29 is 0 Å². The summed E-state index contributed by atoms with van der Waals surface area (Å²) < 4.78 is 0. The zero-order valence-corrected chi connectivity index (χ0v) is 14.7. The van der Waals surface area contributed by atoms with Gasteiger partial charge in [-0.25, -0.2) is 4.98 Å². The van der Waals surface area contributed by atoms with Crippen LogP contribution in [0.5, 0.6) is 0 Å². The van der Waals surface area contributed by atoms with E-state index in [4.69, 9.17) is 11.6 Å². The highest BCUT2D eigenvalue weighted by Gasteiger charge is 2.18. The second-order valence-electron chi connectivity index (χ2n) is 5.86. The van der Waals surface area contributed by atoms with Gasteiger partial charge >= 0.3 is 0 Å². The summed E-state index contributed by atoms with van der Waals surface area (Å²) in [6, 6.07) is 20.8. The topological polar surface area (TPSA) is 16.1 Å². The minimum Gasteiger partial charge on any atom is -0.367 e. The smallest absolute Gasteiger partial charge is 0.101 e. The Hall–Kier alpha value is -1.97. The molecule has 4 heteroatoms. The van der Waals surface area contributed by atoms with Crippen molar-refractivity contribution in [3.8, 4) is 0 Å². The van der Waals surface area contributed by atoms with Crippen LogP contribution in [-0.2, 0) is 13.0 Å². The Morgan fingerprint density at radius 2 is 1.83 bits per heavy atom. The minimum atomic E-state index is 0.758. The SMILES string of the molecule is Clc1ccc(Sc2ccc(CN3CCc4ccccc43)cn2)cc1. The highest BCUT2D eigenvalue weighted by molar-refractivity contribution is 7.99. The van der Waals surface area contributed by atoms with E-state index in [2.05, 4.69) is 46.3 Å². The summed E-state index contributed by atoms with van der Waals surface area (Å²) >= 11 is 7.58. The van der Waals surface area contributed by atoms with Gasteiger partial charge < -0.3 is 4.90 Å². The Morgan fingerprint density at radius 3 is 2.62 bits per heavy atom. The van der Waals surface area contributed by atoms with Crippen LogP contribution in [0.3, 0.4) is 0 Å². The first-order valence-electron chi connectivity index (χ1n) is 7.99. The predicted molar refractivity (Wildman–Crippen MR) is 101 cm³/mol. The lowest BCUT2D eigenvalue weighted by Gasteiger charge is -2.19. The van der Waals surface area contributed by atoms with Gasteiger partial charge in [-0.05, 0) is 53.9 Å². The fourth-order valence-corrected chi connectivity index (χ4v) is 3.86. The van der Waals surface area contributed by atoms with Crippen LogP contribution in [-0.4, -0.2) is 11.5 Å². The molecule has 0 amide bonds. The zero-order valence-electron chi connectivity index (χ0n) is 13.2. The van der Waals surface area contributed by atoms with Crippen LogP contribution >= 0.6 is 23.4 Å². The Labute approximate surface area is 151 Å². The summed E-state index contributed by atoms with van der Waals surface area (Å²) in [6.45, 7) is 2.00. The summed E-state index contributed by atoms with van der Waals surface area (Å²) in [7, 11) is 0. The third-order valence-electron chi connectivity index (χ3n) is 4.19. The van der Waals surface area contributed by atoms with Gasteiger partial charge in [-0.15, -0.1) is 0 Å². The molecule has 1 aromatic heterocycles. The van der Waals surface area contributed by atoms with Gasteiger partial charge in [0.25, 0.3) is 0 Å². The first-order valence-corrected chi connectivity index (χ1v) is 9.18. The number of fused-ring (bicyclic) bond motifs is 1. The Kier molecular flexibility index (Phi) is 4.46. The Balaban J connectivity index is 1.44. The molecule has 4 rings (SSSR count). The Bertz CT molecular complexity index is 831. The molecule has 1 aliphatic heterocycles. The van der Waals surface area contributed by atoms with Crippen molar-refractivity contribution in [2.75, 3.05) is 11.4 Å². The second kappa shape index (κ2) is 6.88. The molecule has 24 heavy (non-hydrogen) atoms. The number of aromatic nitrogens is 1. The van der Waals surface area contributed by atoms with Gasteiger partial charge in [0.15, 0.2) is 0 Å². The van der Waals surface area contributed by atoms with E-state index in [9.17, 15) is 0 Å². The number of rotatable bonds is 4. The fraction of sp³-hybridized carbons (Fsp3) is 0.150. The molecule has 0 bridgehead atoms. The van der Waals surface area contributed by atoms with E-state index in [1.807, 2.05) is 30.5 Å². The molecule has 0 saturated heterocycles. The van der Waals surface area contributed by atoms with Gasteiger partial charge in [0.05, 0.1) is 0 Å². The van der Waals surface area contributed by atoms with Crippen molar-refractivity contribution >= 4 is 29.1 Å². The first kappa shape index (κ1) is 15.6. The van der Waals surface area contributed by atoms with Crippen LogP contribution in [0.25, 0.3) is 0 Å². The van der Waals surface area contributed by atoms with Crippen molar-refractivity contribution in [1.29, 1.82) is 0 Å². The van der Waals surface area contributed by atoms with Crippen molar-refractivity contribution in [3.63, 3.8) is 0 Å².